The zero-order chi connectivity index (χ0) is 21.7. The van der Waals surface area contributed by atoms with Crippen LogP contribution >= 0.6 is 0 Å². The number of hydrogen-bond acceptors (Lipinski definition) is 4. The maximum Gasteiger partial charge on any atom is 0.416 e. The normalized spacial score (nSPS) is 11.4. The quantitative estimate of drug-likeness (QED) is 0.542. The monoisotopic (exact) mass is 417 g/mol. The first-order valence-corrected chi connectivity index (χ1v) is 9.23. The van der Waals surface area contributed by atoms with Gasteiger partial charge in [-0.05, 0) is 47.5 Å². The predicted octanol–water partition coefficient (Wildman–Crippen LogP) is 5.39. The first-order valence-electron chi connectivity index (χ1n) is 9.23. The van der Waals surface area contributed by atoms with Crippen molar-refractivity contribution in [2.45, 2.75) is 19.3 Å². The Kier molecular flexibility index (Phi) is 6.52. The van der Waals surface area contributed by atoms with Crippen molar-refractivity contribution in [3.05, 3.63) is 77.4 Å². The average Bonchev–Trinajstić information content (AvgIpc) is 2.74. The Hall–Kier alpha value is -3.19. The number of halogens is 3. The molecule has 2 N–H and O–H groups in total. The molecule has 0 atom stereocenters. The SMILES string of the molecule is COc1ccc(OC)c(-c2ccc(O)c(CNCc3cccc(C(F)(F)F)c3)c2)c1. The molecule has 0 saturated carbocycles. The largest absolute Gasteiger partial charge is 0.508 e. The number of alkyl halides is 3. The summed E-state index contributed by atoms with van der Waals surface area (Å²) >= 11 is 0. The van der Waals surface area contributed by atoms with Crippen molar-refractivity contribution < 1.29 is 27.8 Å². The van der Waals surface area contributed by atoms with Gasteiger partial charge in [0.05, 0.1) is 19.8 Å². The van der Waals surface area contributed by atoms with Crippen LogP contribution < -0.4 is 14.8 Å². The fourth-order valence-corrected chi connectivity index (χ4v) is 3.13. The predicted molar refractivity (Wildman–Crippen MR) is 109 cm³/mol. The molecule has 4 nitrogen and oxygen atoms in total. The van der Waals surface area contributed by atoms with E-state index in [4.69, 9.17) is 9.47 Å². The fourth-order valence-electron chi connectivity index (χ4n) is 3.13. The summed E-state index contributed by atoms with van der Waals surface area (Å²) in [4.78, 5) is 0. The Morgan fingerprint density at radius 2 is 1.70 bits per heavy atom. The summed E-state index contributed by atoms with van der Waals surface area (Å²) in [5.74, 6) is 1.42. The first-order chi connectivity index (χ1) is 14.3. The molecule has 0 aliphatic rings. The summed E-state index contributed by atoms with van der Waals surface area (Å²) in [6.07, 6.45) is -4.38. The first kappa shape index (κ1) is 21.5. The molecular weight excluding hydrogens is 395 g/mol. The number of aromatic hydroxyl groups is 1. The Morgan fingerprint density at radius 1 is 0.900 bits per heavy atom. The molecule has 0 aliphatic heterocycles. The molecule has 30 heavy (non-hydrogen) atoms. The number of rotatable bonds is 7. The Balaban J connectivity index is 1.77. The number of nitrogens with one attached hydrogen (secondary N) is 1. The van der Waals surface area contributed by atoms with Gasteiger partial charge >= 0.3 is 6.18 Å². The minimum atomic E-state index is -4.38. The van der Waals surface area contributed by atoms with Crippen LogP contribution in [0.15, 0.2) is 60.7 Å². The van der Waals surface area contributed by atoms with Crippen LogP contribution in [0.2, 0.25) is 0 Å². The molecule has 0 aliphatic carbocycles. The van der Waals surface area contributed by atoms with Gasteiger partial charge in [-0.3, -0.25) is 0 Å². The second-order valence-corrected chi connectivity index (χ2v) is 6.71. The standard InChI is InChI=1S/C23H22F3NO3/c1-29-19-7-9-22(30-2)20(12-19)16-6-8-21(28)17(11-16)14-27-13-15-4-3-5-18(10-15)23(24,25)26/h3-12,27-28H,13-14H2,1-2H3. The highest BCUT2D eigenvalue weighted by Gasteiger charge is 2.30. The van der Waals surface area contributed by atoms with E-state index < -0.39 is 11.7 Å². The Labute approximate surface area is 172 Å². The molecule has 0 spiro atoms. The minimum Gasteiger partial charge on any atom is -0.508 e. The lowest BCUT2D eigenvalue weighted by Crippen LogP contribution is -2.14. The van der Waals surface area contributed by atoms with Crippen molar-refractivity contribution in [3.63, 3.8) is 0 Å². The van der Waals surface area contributed by atoms with Crippen molar-refractivity contribution in [3.8, 4) is 28.4 Å². The average molecular weight is 417 g/mol. The molecule has 158 valence electrons. The maximum atomic E-state index is 12.9. The van der Waals surface area contributed by atoms with Gasteiger partial charge in [0.15, 0.2) is 0 Å². The number of phenolic OH excluding ortho intramolecular Hbond substituents is 1. The van der Waals surface area contributed by atoms with E-state index in [1.165, 1.54) is 6.07 Å². The van der Waals surface area contributed by atoms with Crippen LogP contribution in [-0.4, -0.2) is 19.3 Å². The summed E-state index contributed by atoms with van der Waals surface area (Å²) < 4.78 is 49.3. The van der Waals surface area contributed by atoms with Crippen molar-refractivity contribution in [1.29, 1.82) is 0 Å². The van der Waals surface area contributed by atoms with Crippen LogP contribution in [0.25, 0.3) is 11.1 Å². The zero-order valence-corrected chi connectivity index (χ0v) is 16.6. The van der Waals surface area contributed by atoms with Crippen molar-refractivity contribution in [2.75, 3.05) is 14.2 Å². The molecule has 7 heteroatoms. The molecule has 0 amide bonds. The number of phenols is 1. The maximum absolute atomic E-state index is 12.9. The van der Waals surface area contributed by atoms with Gasteiger partial charge in [-0.1, -0.05) is 24.3 Å². The van der Waals surface area contributed by atoms with Gasteiger partial charge in [0.1, 0.15) is 17.2 Å². The smallest absolute Gasteiger partial charge is 0.416 e. The highest BCUT2D eigenvalue weighted by Crippen LogP contribution is 2.35. The van der Waals surface area contributed by atoms with Gasteiger partial charge in [-0.15, -0.1) is 0 Å². The van der Waals surface area contributed by atoms with Crippen LogP contribution in [0.5, 0.6) is 17.2 Å². The Bertz CT molecular complexity index is 1020. The third-order valence-electron chi connectivity index (χ3n) is 4.70. The van der Waals surface area contributed by atoms with Crippen molar-refractivity contribution in [1.82, 2.24) is 5.32 Å². The summed E-state index contributed by atoms with van der Waals surface area (Å²) in [6, 6.07) is 15.7. The molecule has 0 saturated heterocycles. The molecule has 0 fully saturated rings. The van der Waals surface area contributed by atoms with Crippen molar-refractivity contribution in [2.24, 2.45) is 0 Å². The van der Waals surface area contributed by atoms with E-state index in [-0.39, 0.29) is 18.8 Å². The lowest BCUT2D eigenvalue weighted by Gasteiger charge is -2.13. The van der Waals surface area contributed by atoms with Crippen LogP contribution in [0.1, 0.15) is 16.7 Å². The van der Waals surface area contributed by atoms with Crippen LogP contribution in [0.3, 0.4) is 0 Å². The van der Waals surface area contributed by atoms with Gasteiger partial charge in [0, 0.05) is 24.2 Å². The van der Waals surface area contributed by atoms with Crippen LogP contribution in [-0.2, 0) is 19.3 Å². The summed E-state index contributed by atoms with van der Waals surface area (Å²) in [7, 11) is 3.15. The lowest BCUT2D eigenvalue weighted by molar-refractivity contribution is -0.137. The molecule has 0 unspecified atom stereocenters. The zero-order valence-electron chi connectivity index (χ0n) is 16.6. The molecule has 0 bridgehead atoms. The van der Waals surface area contributed by atoms with Gasteiger partial charge in [0.2, 0.25) is 0 Å². The highest BCUT2D eigenvalue weighted by molar-refractivity contribution is 5.73. The molecular formula is C23H22F3NO3. The van der Waals surface area contributed by atoms with E-state index in [1.54, 1.807) is 44.6 Å². The summed E-state index contributed by atoms with van der Waals surface area (Å²) in [5, 5.41) is 13.3. The molecule has 0 radical (unpaired) electrons. The third kappa shape index (κ3) is 5.04. The van der Waals surface area contributed by atoms with E-state index in [2.05, 4.69) is 5.32 Å². The fraction of sp³-hybridized carbons (Fsp3) is 0.217. The number of ether oxygens (including phenoxy) is 2. The Morgan fingerprint density at radius 3 is 2.40 bits per heavy atom. The van der Waals surface area contributed by atoms with Gasteiger partial charge < -0.3 is 19.9 Å². The van der Waals surface area contributed by atoms with Crippen LogP contribution in [0, 0.1) is 0 Å². The molecule has 0 aromatic heterocycles. The van der Waals surface area contributed by atoms with E-state index in [0.29, 0.717) is 22.6 Å². The van der Waals surface area contributed by atoms with Crippen LogP contribution in [0.4, 0.5) is 13.2 Å². The number of hydrogen-bond donors (Lipinski definition) is 2. The molecule has 3 aromatic rings. The molecule has 3 aromatic carbocycles. The number of benzene rings is 3. The van der Waals surface area contributed by atoms with E-state index in [0.717, 1.165) is 23.3 Å². The second-order valence-electron chi connectivity index (χ2n) is 6.71. The van der Waals surface area contributed by atoms with Gasteiger partial charge in [0.25, 0.3) is 0 Å². The highest BCUT2D eigenvalue weighted by atomic mass is 19.4. The minimum absolute atomic E-state index is 0.0946. The van der Waals surface area contributed by atoms with E-state index in [1.807, 2.05) is 12.1 Å². The summed E-state index contributed by atoms with van der Waals surface area (Å²) in [6.45, 7) is 0.512. The topological polar surface area (TPSA) is 50.7 Å². The van der Waals surface area contributed by atoms with Gasteiger partial charge in [-0.25, -0.2) is 0 Å². The number of methoxy groups -OCH3 is 2. The third-order valence-corrected chi connectivity index (χ3v) is 4.70. The van der Waals surface area contributed by atoms with E-state index >= 15 is 0 Å². The van der Waals surface area contributed by atoms with Gasteiger partial charge in [-0.2, -0.15) is 13.2 Å². The second kappa shape index (κ2) is 9.09. The van der Waals surface area contributed by atoms with Crippen molar-refractivity contribution >= 4 is 0 Å². The molecule has 3 rings (SSSR count). The molecule has 0 heterocycles. The van der Waals surface area contributed by atoms with E-state index in [9.17, 15) is 18.3 Å². The lowest BCUT2D eigenvalue weighted by atomic mass is 10.0. The summed E-state index contributed by atoms with van der Waals surface area (Å²) in [5.41, 5.74) is 2.06.